The summed E-state index contributed by atoms with van der Waals surface area (Å²) < 4.78 is 16.0. The van der Waals surface area contributed by atoms with E-state index in [1.165, 1.54) is 27.5 Å². The standard InChI is InChI=1S/C17H17BrN2O5/c1-23-13-5-4-10(7-14(13)24-2)17(22)20-19-9-11-6-12(18)8-15(25-3)16(11)21/h4-9,21H,1-3H3,(H,20,22)/b19-9+. The predicted molar refractivity (Wildman–Crippen MR) is 97.0 cm³/mol. The maximum atomic E-state index is 12.2. The maximum absolute atomic E-state index is 12.2. The lowest BCUT2D eigenvalue weighted by atomic mass is 10.2. The van der Waals surface area contributed by atoms with Crippen molar-refractivity contribution in [2.75, 3.05) is 21.3 Å². The minimum absolute atomic E-state index is 0.0742. The van der Waals surface area contributed by atoms with Crippen molar-refractivity contribution in [1.29, 1.82) is 0 Å². The SMILES string of the molecule is COc1ccc(C(=O)N/N=C/c2cc(Br)cc(OC)c2O)cc1OC. The number of hydrazone groups is 1. The van der Waals surface area contributed by atoms with Gasteiger partial charge in [-0.3, -0.25) is 4.79 Å². The number of hydrogen-bond acceptors (Lipinski definition) is 6. The van der Waals surface area contributed by atoms with Crippen molar-refractivity contribution >= 4 is 28.1 Å². The number of ether oxygens (including phenoxy) is 3. The first-order chi connectivity index (χ1) is 12.0. The van der Waals surface area contributed by atoms with Crippen LogP contribution in [0.1, 0.15) is 15.9 Å². The fourth-order valence-electron chi connectivity index (χ4n) is 2.05. The van der Waals surface area contributed by atoms with Crippen molar-refractivity contribution in [1.82, 2.24) is 5.43 Å². The number of nitrogens with zero attached hydrogens (tertiary/aromatic N) is 1. The van der Waals surface area contributed by atoms with Crippen molar-refractivity contribution in [2.24, 2.45) is 5.10 Å². The lowest BCUT2D eigenvalue weighted by Gasteiger charge is -2.09. The quantitative estimate of drug-likeness (QED) is 0.566. The Bertz CT molecular complexity index is 808. The third kappa shape index (κ3) is 4.42. The van der Waals surface area contributed by atoms with E-state index >= 15 is 0 Å². The van der Waals surface area contributed by atoms with Gasteiger partial charge in [-0.15, -0.1) is 0 Å². The number of halogens is 1. The number of nitrogens with one attached hydrogen (secondary N) is 1. The molecule has 0 unspecified atom stereocenters. The summed E-state index contributed by atoms with van der Waals surface area (Å²) in [5, 5.41) is 13.9. The first kappa shape index (κ1) is 18.6. The van der Waals surface area contributed by atoms with E-state index in [9.17, 15) is 9.90 Å². The second-order valence-corrected chi connectivity index (χ2v) is 5.73. The first-order valence-corrected chi connectivity index (χ1v) is 7.91. The van der Waals surface area contributed by atoms with E-state index in [2.05, 4.69) is 26.5 Å². The molecule has 8 heteroatoms. The topological polar surface area (TPSA) is 89.4 Å². The number of carbonyl (C=O) groups is 1. The van der Waals surface area contributed by atoms with Gasteiger partial charge in [0.15, 0.2) is 23.0 Å². The van der Waals surface area contributed by atoms with Crippen molar-refractivity contribution in [3.8, 4) is 23.0 Å². The molecular formula is C17H17BrN2O5. The number of methoxy groups -OCH3 is 3. The minimum atomic E-state index is -0.432. The number of rotatable bonds is 6. The molecule has 0 atom stereocenters. The molecule has 0 heterocycles. The molecule has 0 spiro atoms. The zero-order valence-corrected chi connectivity index (χ0v) is 15.5. The molecule has 0 saturated heterocycles. The molecule has 1 amide bonds. The molecule has 0 aliphatic rings. The molecular weight excluding hydrogens is 392 g/mol. The highest BCUT2D eigenvalue weighted by atomic mass is 79.9. The van der Waals surface area contributed by atoms with Gasteiger partial charge in [0.25, 0.3) is 5.91 Å². The highest BCUT2D eigenvalue weighted by Gasteiger charge is 2.11. The Kier molecular flexibility index (Phi) is 6.24. The van der Waals surface area contributed by atoms with Crippen molar-refractivity contribution in [2.45, 2.75) is 0 Å². The highest BCUT2D eigenvalue weighted by Crippen LogP contribution is 2.32. The molecule has 0 radical (unpaired) electrons. The molecule has 0 fully saturated rings. The Balaban J connectivity index is 2.15. The Morgan fingerprint density at radius 2 is 1.76 bits per heavy atom. The van der Waals surface area contributed by atoms with E-state index in [1.54, 1.807) is 30.3 Å². The second-order valence-electron chi connectivity index (χ2n) is 4.81. The Morgan fingerprint density at radius 1 is 1.08 bits per heavy atom. The van der Waals surface area contributed by atoms with Crippen molar-refractivity contribution < 1.29 is 24.1 Å². The van der Waals surface area contributed by atoms with E-state index in [4.69, 9.17) is 14.2 Å². The van der Waals surface area contributed by atoms with Gasteiger partial charge in [0.1, 0.15) is 0 Å². The summed E-state index contributed by atoms with van der Waals surface area (Å²) in [4.78, 5) is 12.2. The smallest absolute Gasteiger partial charge is 0.271 e. The van der Waals surface area contributed by atoms with Crippen LogP contribution in [0, 0.1) is 0 Å². The number of carbonyl (C=O) groups excluding carboxylic acids is 1. The third-order valence-corrected chi connectivity index (χ3v) is 3.76. The number of phenols is 1. The zero-order valence-electron chi connectivity index (χ0n) is 13.9. The van der Waals surface area contributed by atoms with Crippen LogP contribution in [0.5, 0.6) is 23.0 Å². The Hall–Kier alpha value is -2.74. The number of aromatic hydroxyl groups is 1. The van der Waals surface area contributed by atoms with Crippen molar-refractivity contribution in [3.63, 3.8) is 0 Å². The van der Waals surface area contributed by atoms with Gasteiger partial charge in [0, 0.05) is 15.6 Å². The zero-order chi connectivity index (χ0) is 18.4. The van der Waals surface area contributed by atoms with Gasteiger partial charge in [-0.05, 0) is 30.3 Å². The van der Waals surface area contributed by atoms with Crippen LogP contribution in [0.25, 0.3) is 0 Å². The third-order valence-electron chi connectivity index (χ3n) is 3.30. The van der Waals surface area contributed by atoms with E-state index < -0.39 is 5.91 Å². The predicted octanol–water partition coefficient (Wildman–Crippen LogP) is 2.94. The molecule has 2 aromatic rings. The minimum Gasteiger partial charge on any atom is -0.504 e. The van der Waals surface area contributed by atoms with Crippen LogP contribution in [0.3, 0.4) is 0 Å². The maximum Gasteiger partial charge on any atom is 0.271 e. The molecule has 2 aromatic carbocycles. The van der Waals surface area contributed by atoms with Gasteiger partial charge in [-0.25, -0.2) is 5.43 Å². The van der Waals surface area contributed by atoms with Gasteiger partial charge in [-0.1, -0.05) is 15.9 Å². The average Bonchev–Trinajstić information content (AvgIpc) is 2.63. The summed E-state index contributed by atoms with van der Waals surface area (Å²) in [5.41, 5.74) is 3.13. The van der Waals surface area contributed by atoms with Crippen LogP contribution in [0.4, 0.5) is 0 Å². The number of amides is 1. The molecule has 0 aromatic heterocycles. The molecule has 2 N–H and O–H groups in total. The summed E-state index contributed by atoms with van der Waals surface area (Å²) in [6, 6.07) is 8.02. The highest BCUT2D eigenvalue weighted by molar-refractivity contribution is 9.10. The molecule has 0 aliphatic heterocycles. The van der Waals surface area contributed by atoms with Crippen LogP contribution >= 0.6 is 15.9 Å². The van der Waals surface area contributed by atoms with E-state index in [0.717, 1.165) is 0 Å². The van der Waals surface area contributed by atoms with Gasteiger partial charge >= 0.3 is 0 Å². The molecule has 0 saturated carbocycles. The summed E-state index contributed by atoms with van der Waals surface area (Å²) in [6.45, 7) is 0. The van der Waals surface area contributed by atoms with Crippen LogP contribution in [0.15, 0.2) is 39.9 Å². The van der Waals surface area contributed by atoms with Crippen LogP contribution < -0.4 is 19.6 Å². The number of phenolic OH excluding ortho intramolecular Hbond substituents is 1. The van der Waals surface area contributed by atoms with Gasteiger partial charge < -0.3 is 19.3 Å². The summed E-state index contributed by atoms with van der Waals surface area (Å²) in [5.74, 6) is 0.748. The van der Waals surface area contributed by atoms with Gasteiger partial charge in [0.2, 0.25) is 0 Å². The number of hydrogen-bond donors (Lipinski definition) is 2. The van der Waals surface area contributed by atoms with E-state index in [1.807, 2.05) is 0 Å². The number of benzene rings is 2. The lowest BCUT2D eigenvalue weighted by molar-refractivity contribution is 0.0954. The molecule has 2 rings (SSSR count). The van der Waals surface area contributed by atoms with Crippen molar-refractivity contribution in [3.05, 3.63) is 45.9 Å². The van der Waals surface area contributed by atoms with Crippen LogP contribution in [-0.4, -0.2) is 38.6 Å². The summed E-state index contributed by atoms with van der Waals surface area (Å²) >= 11 is 3.31. The largest absolute Gasteiger partial charge is 0.504 e. The fraction of sp³-hybridized carbons (Fsp3) is 0.176. The Labute approximate surface area is 153 Å². The van der Waals surface area contributed by atoms with Crippen LogP contribution in [-0.2, 0) is 0 Å². The van der Waals surface area contributed by atoms with E-state index in [-0.39, 0.29) is 5.75 Å². The van der Waals surface area contributed by atoms with E-state index in [0.29, 0.717) is 32.8 Å². The second kappa shape index (κ2) is 8.39. The fourth-order valence-corrected chi connectivity index (χ4v) is 2.51. The van der Waals surface area contributed by atoms with Gasteiger partial charge in [-0.2, -0.15) is 5.10 Å². The summed E-state index contributed by atoms with van der Waals surface area (Å²) in [7, 11) is 4.45. The normalized spacial score (nSPS) is 10.6. The Morgan fingerprint density at radius 3 is 2.40 bits per heavy atom. The molecule has 0 bridgehead atoms. The molecule has 7 nitrogen and oxygen atoms in total. The lowest BCUT2D eigenvalue weighted by Crippen LogP contribution is -2.17. The van der Waals surface area contributed by atoms with Crippen LogP contribution in [0.2, 0.25) is 0 Å². The molecule has 0 aliphatic carbocycles. The monoisotopic (exact) mass is 408 g/mol. The van der Waals surface area contributed by atoms with Gasteiger partial charge in [0.05, 0.1) is 27.5 Å². The summed E-state index contributed by atoms with van der Waals surface area (Å²) in [6.07, 6.45) is 1.32. The average molecular weight is 409 g/mol. The first-order valence-electron chi connectivity index (χ1n) is 7.12. The molecule has 25 heavy (non-hydrogen) atoms. The molecule has 132 valence electrons.